The Balaban J connectivity index is 0.00000420. The lowest BCUT2D eigenvalue weighted by atomic mass is 10.1. The van der Waals surface area contributed by atoms with Crippen molar-refractivity contribution in [3.63, 3.8) is 0 Å². The minimum atomic E-state index is -0.749. The number of aromatic nitrogens is 2. The number of halogens is 1. The third-order valence-corrected chi connectivity index (χ3v) is 4.44. The minimum absolute atomic E-state index is 0. The lowest BCUT2D eigenvalue weighted by molar-refractivity contribution is -0.0755. The molecule has 0 bridgehead atoms. The third-order valence-electron chi connectivity index (χ3n) is 4.44. The molecular formula is C19H35IN6O3. The zero-order valence-electron chi connectivity index (χ0n) is 18.6. The molecule has 2 unspecified atom stereocenters. The van der Waals surface area contributed by atoms with Crippen molar-refractivity contribution < 1.29 is 14.3 Å². The van der Waals surface area contributed by atoms with Crippen molar-refractivity contribution >= 4 is 36.0 Å². The maximum atomic E-state index is 12.8. The van der Waals surface area contributed by atoms with Gasteiger partial charge in [0.05, 0.1) is 18.3 Å². The standard InChI is InChI=1S/C19H34N6O3.HI/c1-13-15(25(19(5,6)27-13)17(26)28-18(2,3)4)11-22-16(20-7)21-9-14-10-23-24(8)12-14;/h10,12-13,15H,9,11H2,1-8H3,(H2,20,21,22);1H. The van der Waals surface area contributed by atoms with E-state index in [0.717, 1.165) is 5.56 Å². The van der Waals surface area contributed by atoms with Gasteiger partial charge in [0.15, 0.2) is 5.96 Å². The summed E-state index contributed by atoms with van der Waals surface area (Å²) in [6.07, 6.45) is 3.22. The van der Waals surface area contributed by atoms with E-state index in [2.05, 4.69) is 20.7 Å². The molecule has 2 rings (SSSR count). The minimum Gasteiger partial charge on any atom is -0.444 e. The second-order valence-corrected chi connectivity index (χ2v) is 8.52. The number of amides is 1. The summed E-state index contributed by atoms with van der Waals surface area (Å²) in [6.45, 7) is 12.4. The highest BCUT2D eigenvalue weighted by Crippen LogP contribution is 2.33. The van der Waals surface area contributed by atoms with Crippen LogP contribution in [0.1, 0.15) is 47.1 Å². The molecule has 1 saturated heterocycles. The summed E-state index contributed by atoms with van der Waals surface area (Å²) in [7, 11) is 3.59. The Morgan fingerprint density at radius 2 is 2.03 bits per heavy atom. The van der Waals surface area contributed by atoms with Crippen LogP contribution in [0.5, 0.6) is 0 Å². The molecule has 1 fully saturated rings. The van der Waals surface area contributed by atoms with Crippen molar-refractivity contribution in [2.45, 2.75) is 71.6 Å². The molecule has 0 saturated carbocycles. The van der Waals surface area contributed by atoms with Crippen LogP contribution in [0.2, 0.25) is 0 Å². The average Bonchev–Trinajstić information content (AvgIpc) is 3.05. The Hall–Kier alpha value is -1.56. The summed E-state index contributed by atoms with van der Waals surface area (Å²) in [5.41, 5.74) is -0.265. The Morgan fingerprint density at radius 1 is 1.38 bits per heavy atom. The zero-order chi connectivity index (χ0) is 21.1. The molecule has 2 atom stereocenters. The molecule has 166 valence electrons. The third kappa shape index (κ3) is 7.02. The van der Waals surface area contributed by atoms with Gasteiger partial charge in [0.2, 0.25) is 0 Å². The van der Waals surface area contributed by atoms with Crippen LogP contribution in [-0.4, -0.2) is 63.8 Å². The smallest absolute Gasteiger partial charge is 0.412 e. The number of ether oxygens (including phenoxy) is 2. The Morgan fingerprint density at radius 3 is 2.55 bits per heavy atom. The van der Waals surface area contributed by atoms with E-state index >= 15 is 0 Å². The molecule has 0 radical (unpaired) electrons. The molecule has 1 aliphatic rings. The molecule has 0 aliphatic carbocycles. The monoisotopic (exact) mass is 522 g/mol. The van der Waals surface area contributed by atoms with E-state index in [4.69, 9.17) is 9.47 Å². The zero-order valence-corrected chi connectivity index (χ0v) is 21.0. The van der Waals surface area contributed by atoms with Crippen LogP contribution in [0.25, 0.3) is 0 Å². The van der Waals surface area contributed by atoms with Crippen molar-refractivity contribution in [2.24, 2.45) is 12.0 Å². The van der Waals surface area contributed by atoms with Crippen LogP contribution in [0, 0.1) is 0 Å². The van der Waals surface area contributed by atoms with Gasteiger partial charge >= 0.3 is 6.09 Å². The van der Waals surface area contributed by atoms with Gasteiger partial charge in [-0.15, -0.1) is 24.0 Å². The molecule has 2 N–H and O–H groups in total. The first-order valence-corrected chi connectivity index (χ1v) is 9.55. The molecule has 1 aromatic heterocycles. The number of guanidine groups is 1. The van der Waals surface area contributed by atoms with Gasteiger partial charge < -0.3 is 20.1 Å². The molecule has 0 spiro atoms. The van der Waals surface area contributed by atoms with Gasteiger partial charge in [-0.2, -0.15) is 5.10 Å². The van der Waals surface area contributed by atoms with Crippen molar-refractivity contribution in [1.29, 1.82) is 0 Å². The Labute approximate surface area is 190 Å². The van der Waals surface area contributed by atoms with Crippen molar-refractivity contribution in [3.05, 3.63) is 18.0 Å². The summed E-state index contributed by atoms with van der Waals surface area (Å²) in [6, 6.07) is -0.193. The van der Waals surface area contributed by atoms with Crippen LogP contribution >= 0.6 is 24.0 Å². The van der Waals surface area contributed by atoms with Crippen LogP contribution in [0.3, 0.4) is 0 Å². The van der Waals surface area contributed by atoms with Gasteiger partial charge in [-0.25, -0.2) is 4.79 Å². The quantitative estimate of drug-likeness (QED) is 0.359. The van der Waals surface area contributed by atoms with Gasteiger partial charge in [-0.3, -0.25) is 14.6 Å². The number of carbonyl (C=O) groups is 1. The number of hydrogen-bond donors (Lipinski definition) is 2. The van der Waals surface area contributed by atoms with Crippen molar-refractivity contribution in [3.8, 4) is 0 Å². The number of nitrogens with zero attached hydrogens (tertiary/aromatic N) is 4. The topological polar surface area (TPSA) is 93.0 Å². The predicted octanol–water partition coefficient (Wildman–Crippen LogP) is 2.46. The first kappa shape index (κ1) is 25.5. The highest BCUT2D eigenvalue weighted by atomic mass is 127. The lowest BCUT2D eigenvalue weighted by Gasteiger charge is -2.35. The predicted molar refractivity (Wildman–Crippen MR) is 123 cm³/mol. The van der Waals surface area contributed by atoms with E-state index in [1.54, 1.807) is 22.8 Å². The van der Waals surface area contributed by atoms with Gasteiger partial charge in [-0.1, -0.05) is 0 Å². The molecular weight excluding hydrogens is 487 g/mol. The molecule has 1 aliphatic heterocycles. The van der Waals surface area contributed by atoms with E-state index in [-0.39, 0.29) is 42.2 Å². The fourth-order valence-corrected chi connectivity index (χ4v) is 3.29. The van der Waals surface area contributed by atoms with E-state index in [0.29, 0.717) is 19.0 Å². The van der Waals surface area contributed by atoms with E-state index in [9.17, 15) is 4.79 Å². The summed E-state index contributed by atoms with van der Waals surface area (Å²) in [5, 5.41) is 10.7. The highest BCUT2D eigenvalue weighted by Gasteiger charge is 2.49. The number of aryl methyl sites for hydroxylation is 1. The van der Waals surface area contributed by atoms with Gasteiger partial charge in [-0.05, 0) is 41.5 Å². The van der Waals surface area contributed by atoms with Crippen LogP contribution in [0.15, 0.2) is 17.4 Å². The number of aliphatic imine (C=N–C) groups is 1. The second kappa shape index (κ2) is 9.96. The SMILES string of the molecule is CN=C(NCc1cnn(C)c1)NCC1C(C)OC(C)(C)N1C(=O)OC(C)(C)C.I. The molecule has 0 aromatic carbocycles. The normalized spacial score (nSPS) is 21.5. The molecule has 10 heteroatoms. The molecule has 1 aromatic rings. The molecule has 9 nitrogen and oxygen atoms in total. The van der Waals surface area contributed by atoms with Crippen LogP contribution in [-0.2, 0) is 23.1 Å². The number of rotatable bonds is 4. The lowest BCUT2D eigenvalue weighted by Crippen LogP contribution is -2.54. The van der Waals surface area contributed by atoms with Gasteiger partial charge in [0.25, 0.3) is 0 Å². The molecule has 29 heavy (non-hydrogen) atoms. The fraction of sp³-hybridized carbons (Fsp3) is 0.737. The van der Waals surface area contributed by atoms with Gasteiger partial charge in [0, 0.05) is 38.9 Å². The fourth-order valence-electron chi connectivity index (χ4n) is 3.29. The average molecular weight is 522 g/mol. The summed E-state index contributed by atoms with van der Waals surface area (Å²) in [5.74, 6) is 0.643. The Kier molecular flexibility index (Phi) is 8.75. The van der Waals surface area contributed by atoms with E-state index < -0.39 is 11.3 Å². The first-order valence-electron chi connectivity index (χ1n) is 9.55. The summed E-state index contributed by atoms with van der Waals surface area (Å²) < 4.78 is 13.4. The summed E-state index contributed by atoms with van der Waals surface area (Å²) >= 11 is 0. The molecule has 2 heterocycles. The number of nitrogens with one attached hydrogen (secondary N) is 2. The summed E-state index contributed by atoms with van der Waals surface area (Å²) in [4.78, 5) is 18.7. The maximum absolute atomic E-state index is 12.8. The maximum Gasteiger partial charge on any atom is 0.412 e. The van der Waals surface area contributed by atoms with E-state index in [1.165, 1.54) is 0 Å². The molecule has 1 amide bonds. The van der Waals surface area contributed by atoms with E-state index in [1.807, 2.05) is 54.8 Å². The first-order chi connectivity index (χ1) is 12.9. The van der Waals surface area contributed by atoms with Crippen LogP contribution in [0.4, 0.5) is 4.79 Å². The van der Waals surface area contributed by atoms with Crippen molar-refractivity contribution in [1.82, 2.24) is 25.3 Å². The highest BCUT2D eigenvalue weighted by molar-refractivity contribution is 14.0. The largest absolute Gasteiger partial charge is 0.444 e. The number of carbonyl (C=O) groups excluding carboxylic acids is 1. The van der Waals surface area contributed by atoms with Crippen molar-refractivity contribution in [2.75, 3.05) is 13.6 Å². The number of hydrogen-bond acceptors (Lipinski definition) is 5. The second-order valence-electron chi connectivity index (χ2n) is 8.52. The van der Waals surface area contributed by atoms with Gasteiger partial charge in [0.1, 0.15) is 11.3 Å². The Bertz CT molecular complexity index is 713. The van der Waals surface area contributed by atoms with Crippen LogP contribution < -0.4 is 10.6 Å².